The van der Waals surface area contributed by atoms with Gasteiger partial charge >= 0.3 is 6.09 Å². The highest BCUT2D eigenvalue weighted by Gasteiger charge is 2.36. The number of nitrogens with zero attached hydrogens (tertiary/aromatic N) is 1. The summed E-state index contributed by atoms with van der Waals surface area (Å²) < 4.78 is 5.48. The average molecular weight is 564 g/mol. The third-order valence-electron chi connectivity index (χ3n) is 6.51. The van der Waals surface area contributed by atoms with Crippen LogP contribution in [0.15, 0.2) is 24.3 Å². The highest BCUT2D eigenvalue weighted by atomic mass is 32.2. The lowest BCUT2D eigenvalue weighted by molar-refractivity contribution is -0.143. The van der Waals surface area contributed by atoms with E-state index in [0.29, 0.717) is 18.7 Å². The van der Waals surface area contributed by atoms with Crippen LogP contribution in [0.25, 0.3) is 0 Å². The first kappa shape index (κ1) is 34.8. The second-order valence-electron chi connectivity index (χ2n) is 11.3. The quantitative estimate of drug-likeness (QED) is 0.207. The predicted octanol–water partition coefficient (Wildman–Crippen LogP) is 6.65. The van der Waals surface area contributed by atoms with Crippen molar-refractivity contribution in [1.29, 1.82) is 0 Å². The van der Waals surface area contributed by atoms with Crippen LogP contribution in [-0.2, 0) is 20.7 Å². The molecule has 0 fully saturated rings. The van der Waals surface area contributed by atoms with Gasteiger partial charge in [0.15, 0.2) is 0 Å². The summed E-state index contributed by atoms with van der Waals surface area (Å²) in [7, 11) is 0. The molecular weight excluding hydrogens is 510 g/mol. The van der Waals surface area contributed by atoms with Crippen molar-refractivity contribution in [2.45, 2.75) is 124 Å². The molecular formula is C31H53N3O4S. The number of carbonyl (C=O) groups is 3. The molecule has 0 heterocycles. The fourth-order valence-corrected chi connectivity index (χ4v) is 4.93. The van der Waals surface area contributed by atoms with Crippen molar-refractivity contribution in [3.8, 4) is 0 Å². The van der Waals surface area contributed by atoms with Crippen LogP contribution in [0.1, 0.15) is 111 Å². The Morgan fingerprint density at radius 2 is 1.62 bits per heavy atom. The SMILES string of the molecule is CCCCCCN(C(=O)C(CCSC)NC(=O)OC(C)(C)C)C(C(=O)NC(C)CCC)c1ccc(CC)cc1. The number of unbranched alkanes of at least 4 members (excludes halogenated alkanes) is 3. The molecule has 0 aliphatic heterocycles. The largest absolute Gasteiger partial charge is 0.444 e. The van der Waals surface area contributed by atoms with Gasteiger partial charge in [-0.05, 0) is 76.5 Å². The van der Waals surface area contributed by atoms with Crippen molar-refractivity contribution in [3.05, 3.63) is 35.4 Å². The van der Waals surface area contributed by atoms with Crippen LogP contribution in [-0.4, -0.2) is 59.0 Å². The minimum absolute atomic E-state index is 0.0101. The molecule has 222 valence electrons. The maximum absolute atomic E-state index is 14.2. The third kappa shape index (κ3) is 13.1. The van der Waals surface area contributed by atoms with Crippen LogP contribution in [0, 0.1) is 0 Å². The van der Waals surface area contributed by atoms with Gasteiger partial charge in [-0.3, -0.25) is 9.59 Å². The standard InChI is InChI=1S/C31H53N3O4S/c1-9-12-13-14-21-34(29(36)26(20-22-39-8)33-30(37)38-31(5,6)7)27(28(35)32-23(4)15-10-2)25-18-16-24(11-3)17-19-25/h16-19,23,26-27H,9-15,20-22H2,1-8H3,(H,32,35)(H,33,37). The Morgan fingerprint density at radius 1 is 0.949 bits per heavy atom. The molecule has 2 N–H and O–H groups in total. The van der Waals surface area contributed by atoms with Gasteiger partial charge in [0.25, 0.3) is 0 Å². The molecule has 1 aromatic rings. The summed E-state index contributed by atoms with van der Waals surface area (Å²) in [6.07, 6.45) is 8.36. The summed E-state index contributed by atoms with van der Waals surface area (Å²) in [6.45, 7) is 14.1. The number of hydrogen-bond donors (Lipinski definition) is 2. The molecule has 39 heavy (non-hydrogen) atoms. The van der Waals surface area contributed by atoms with Gasteiger partial charge in [0.05, 0.1) is 0 Å². The molecule has 1 aromatic carbocycles. The molecule has 0 aromatic heterocycles. The van der Waals surface area contributed by atoms with E-state index in [1.54, 1.807) is 37.4 Å². The van der Waals surface area contributed by atoms with E-state index in [1.807, 2.05) is 37.4 Å². The average Bonchev–Trinajstić information content (AvgIpc) is 2.87. The normalized spacial score (nSPS) is 13.7. The topological polar surface area (TPSA) is 87.7 Å². The minimum atomic E-state index is -0.795. The number of hydrogen-bond acceptors (Lipinski definition) is 5. The van der Waals surface area contributed by atoms with Gasteiger partial charge in [-0.1, -0.05) is 70.7 Å². The van der Waals surface area contributed by atoms with Crippen molar-refractivity contribution >= 4 is 29.7 Å². The van der Waals surface area contributed by atoms with Crippen LogP contribution in [0.4, 0.5) is 4.79 Å². The Morgan fingerprint density at radius 3 is 2.15 bits per heavy atom. The number of ether oxygens (including phenoxy) is 1. The third-order valence-corrected chi connectivity index (χ3v) is 7.15. The van der Waals surface area contributed by atoms with Gasteiger partial charge in [0.1, 0.15) is 17.7 Å². The summed E-state index contributed by atoms with van der Waals surface area (Å²) in [6, 6.07) is 6.36. The molecule has 3 unspecified atom stereocenters. The Balaban J connectivity index is 3.48. The van der Waals surface area contributed by atoms with E-state index in [9.17, 15) is 14.4 Å². The van der Waals surface area contributed by atoms with Crippen molar-refractivity contribution in [2.24, 2.45) is 0 Å². The van der Waals surface area contributed by atoms with Crippen LogP contribution in [0.2, 0.25) is 0 Å². The first-order valence-corrected chi connectivity index (χ1v) is 16.0. The lowest BCUT2D eigenvalue weighted by atomic mass is 9.99. The zero-order valence-corrected chi connectivity index (χ0v) is 26.4. The predicted molar refractivity (Wildman–Crippen MR) is 163 cm³/mol. The fraction of sp³-hybridized carbons (Fsp3) is 0.710. The fourth-order valence-electron chi connectivity index (χ4n) is 4.45. The molecule has 0 aliphatic carbocycles. The zero-order chi connectivity index (χ0) is 29.4. The van der Waals surface area contributed by atoms with Gasteiger partial charge in [0.2, 0.25) is 11.8 Å². The van der Waals surface area contributed by atoms with Crippen LogP contribution in [0.3, 0.4) is 0 Å². The van der Waals surface area contributed by atoms with E-state index in [1.165, 1.54) is 5.56 Å². The molecule has 0 saturated heterocycles. The Bertz CT molecular complexity index is 870. The van der Waals surface area contributed by atoms with E-state index in [-0.39, 0.29) is 17.9 Å². The second-order valence-corrected chi connectivity index (χ2v) is 12.3. The number of nitrogens with one attached hydrogen (secondary N) is 2. The van der Waals surface area contributed by atoms with Gasteiger partial charge < -0.3 is 20.3 Å². The lowest BCUT2D eigenvalue weighted by Crippen LogP contribution is -2.54. The number of alkyl carbamates (subject to hydrolysis) is 1. The number of carbonyl (C=O) groups excluding carboxylic acids is 3. The highest BCUT2D eigenvalue weighted by Crippen LogP contribution is 2.25. The molecule has 1 rings (SSSR count). The van der Waals surface area contributed by atoms with Crippen LogP contribution < -0.4 is 10.6 Å². The number of benzene rings is 1. The number of amides is 3. The van der Waals surface area contributed by atoms with Gasteiger partial charge in [-0.2, -0.15) is 11.8 Å². The van der Waals surface area contributed by atoms with E-state index < -0.39 is 23.8 Å². The summed E-state index contributed by atoms with van der Waals surface area (Å²) in [5.41, 5.74) is 1.26. The van der Waals surface area contributed by atoms with Gasteiger partial charge in [0, 0.05) is 12.6 Å². The summed E-state index contributed by atoms with van der Waals surface area (Å²) in [5, 5.41) is 5.97. The molecule has 3 amide bonds. The van der Waals surface area contributed by atoms with E-state index in [0.717, 1.165) is 50.5 Å². The lowest BCUT2D eigenvalue weighted by Gasteiger charge is -2.35. The maximum Gasteiger partial charge on any atom is 0.408 e. The first-order chi connectivity index (χ1) is 18.5. The Hall–Kier alpha value is -2.22. The highest BCUT2D eigenvalue weighted by molar-refractivity contribution is 7.98. The summed E-state index contributed by atoms with van der Waals surface area (Å²) in [5.74, 6) is 0.241. The molecule has 0 radical (unpaired) electrons. The second kappa shape index (κ2) is 18.2. The van der Waals surface area contributed by atoms with E-state index in [2.05, 4.69) is 31.4 Å². The molecule has 0 spiro atoms. The van der Waals surface area contributed by atoms with Crippen molar-refractivity contribution < 1.29 is 19.1 Å². The number of rotatable bonds is 17. The monoisotopic (exact) mass is 563 g/mol. The number of thioether (sulfide) groups is 1. The Labute approximate surface area is 241 Å². The summed E-state index contributed by atoms with van der Waals surface area (Å²) >= 11 is 1.61. The van der Waals surface area contributed by atoms with Crippen LogP contribution in [0.5, 0.6) is 0 Å². The molecule has 0 bridgehead atoms. The molecule has 3 atom stereocenters. The van der Waals surface area contributed by atoms with Crippen molar-refractivity contribution in [1.82, 2.24) is 15.5 Å². The molecule has 0 aliphatic rings. The smallest absolute Gasteiger partial charge is 0.408 e. The molecule has 7 nitrogen and oxygen atoms in total. The maximum atomic E-state index is 14.2. The van der Waals surface area contributed by atoms with Crippen molar-refractivity contribution in [3.63, 3.8) is 0 Å². The van der Waals surface area contributed by atoms with Gasteiger partial charge in [-0.15, -0.1) is 0 Å². The zero-order valence-electron chi connectivity index (χ0n) is 25.6. The van der Waals surface area contributed by atoms with E-state index in [4.69, 9.17) is 4.74 Å². The molecule has 0 saturated carbocycles. The first-order valence-electron chi connectivity index (χ1n) is 14.6. The van der Waals surface area contributed by atoms with Crippen molar-refractivity contribution in [2.75, 3.05) is 18.6 Å². The Kier molecular flexibility index (Phi) is 16.2. The van der Waals surface area contributed by atoms with Crippen LogP contribution >= 0.6 is 11.8 Å². The van der Waals surface area contributed by atoms with Gasteiger partial charge in [-0.25, -0.2) is 4.79 Å². The molecule has 8 heteroatoms. The van der Waals surface area contributed by atoms with E-state index >= 15 is 0 Å². The minimum Gasteiger partial charge on any atom is -0.444 e. The number of aryl methyl sites for hydroxylation is 1. The summed E-state index contributed by atoms with van der Waals surface area (Å²) in [4.78, 5) is 42.5.